The second-order valence-electron chi connectivity index (χ2n) is 5.16. The monoisotopic (exact) mass is 336 g/mol. The van der Waals surface area contributed by atoms with Crippen LogP contribution in [0.25, 0.3) is 0 Å². The summed E-state index contributed by atoms with van der Waals surface area (Å²) in [6.45, 7) is 3.05. The van der Waals surface area contributed by atoms with Gasteiger partial charge in [0, 0.05) is 21.9 Å². The van der Waals surface area contributed by atoms with E-state index >= 15 is 0 Å². The molecule has 1 N–H and O–H groups in total. The zero-order valence-corrected chi connectivity index (χ0v) is 13.3. The van der Waals surface area contributed by atoms with Crippen molar-refractivity contribution in [2.75, 3.05) is 0 Å². The molecule has 100 valence electrons. The van der Waals surface area contributed by atoms with E-state index in [1.807, 2.05) is 5.51 Å². The van der Waals surface area contributed by atoms with Crippen molar-refractivity contribution in [2.45, 2.75) is 38.3 Å². The van der Waals surface area contributed by atoms with Crippen LogP contribution in [0, 0.1) is 6.92 Å². The third-order valence-corrected chi connectivity index (χ3v) is 5.34. The molecule has 0 saturated heterocycles. The molecule has 0 bridgehead atoms. The summed E-state index contributed by atoms with van der Waals surface area (Å²) in [5.74, 6) is 0.730. The minimum absolute atomic E-state index is 0.662. The lowest BCUT2D eigenvalue weighted by atomic mass is 9.76. The van der Waals surface area contributed by atoms with Crippen LogP contribution >= 0.6 is 27.3 Å². The fourth-order valence-electron chi connectivity index (χ4n) is 2.52. The maximum Gasteiger partial charge on any atom is 0.0798 e. The predicted molar refractivity (Wildman–Crippen MR) is 83.6 cm³/mol. The molecule has 0 radical (unpaired) electrons. The zero-order valence-electron chi connectivity index (χ0n) is 10.9. The molecule has 1 aliphatic rings. The first-order valence-corrected chi connectivity index (χ1v) is 8.27. The Morgan fingerprint density at radius 3 is 2.68 bits per heavy atom. The van der Waals surface area contributed by atoms with Gasteiger partial charge in [-0.05, 0) is 43.4 Å². The third-order valence-electron chi connectivity index (χ3n) is 3.88. The molecule has 19 heavy (non-hydrogen) atoms. The maximum absolute atomic E-state index is 4.28. The average molecular weight is 337 g/mol. The van der Waals surface area contributed by atoms with Gasteiger partial charge in [0.15, 0.2) is 0 Å². The van der Waals surface area contributed by atoms with Crippen molar-refractivity contribution in [2.24, 2.45) is 0 Å². The second-order valence-corrected chi connectivity index (χ2v) is 7.01. The van der Waals surface area contributed by atoms with Gasteiger partial charge in [-0.3, -0.25) is 0 Å². The summed E-state index contributed by atoms with van der Waals surface area (Å²) in [6.07, 6.45) is 2.50. The Morgan fingerprint density at radius 2 is 2.05 bits per heavy atom. The molecule has 2 nitrogen and oxygen atoms in total. The standard InChI is InChI=1S/C15H17BrN2S/c1-10-15(19-9-18-10)8-17-14-6-12(7-14)11-2-4-13(16)5-3-11/h2-5,9,12,14,17H,6-8H2,1H3. The minimum atomic E-state index is 0.662. The highest BCUT2D eigenvalue weighted by Gasteiger charge is 2.29. The SMILES string of the molecule is Cc1ncsc1CNC1CC(c2ccc(Br)cc2)C1. The van der Waals surface area contributed by atoms with Crippen LogP contribution in [0.3, 0.4) is 0 Å². The summed E-state index contributed by atoms with van der Waals surface area (Å²) in [5.41, 5.74) is 4.56. The Hall–Kier alpha value is -0.710. The van der Waals surface area contributed by atoms with E-state index in [4.69, 9.17) is 0 Å². The summed E-state index contributed by atoms with van der Waals surface area (Å²) in [6, 6.07) is 9.40. The van der Waals surface area contributed by atoms with Crippen molar-refractivity contribution in [3.63, 3.8) is 0 Å². The molecule has 3 rings (SSSR count). The van der Waals surface area contributed by atoms with E-state index in [1.165, 1.54) is 29.0 Å². The van der Waals surface area contributed by atoms with Crippen molar-refractivity contribution < 1.29 is 0 Å². The van der Waals surface area contributed by atoms with Gasteiger partial charge >= 0.3 is 0 Å². The van der Waals surface area contributed by atoms with Gasteiger partial charge in [-0.15, -0.1) is 11.3 Å². The highest BCUT2D eigenvalue weighted by atomic mass is 79.9. The average Bonchev–Trinajstić information content (AvgIpc) is 2.75. The third kappa shape index (κ3) is 3.07. The second kappa shape index (κ2) is 5.73. The van der Waals surface area contributed by atoms with Gasteiger partial charge < -0.3 is 5.32 Å². The van der Waals surface area contributed by atoms with E-state index in [0.29, 0.717) is 6.04 Å². The summed E-state index contributed by atoms with van der Waals surface area (Å²) >= 11 is 5.23. The smallest absolute Gasteiger partial charge is 0.0798 e. The zero-order chi connectivity index (χ0) is 13.2. The van der Waals surface area contributed by atoms with Gasteiger partial charge in [-0.2, -0.15) is 0 Å². The van der Waals surface area contributed by atoms with Crippen LogP contribution in [0.15, 0.2) is 34.2 Å². The van der Waals surface area contributed by atoms with E-state index in [1.54, 1.807) is 11.3 Å². The van der Waals surface area contributed by atoms with E-state index in [9.17, 15) is 0 Å². The number of hydrogen-bond donors (Lipinski definition) is 1. The van der Waals surface area contributed by atoms with Crippen LogP contribution in [-0.4, -0.2) is 11.0 Å². The molecule has 1 saturated carbocycles. The number of hydrogen-bond acceptors (Lipinski definition) is 3. The van der Waals surface area contributed by atoms with Crippen LogP contribution in [0.5, 0.6) is 0 Å². The van der Waals surface area contributed by atoms with Crippen LogP contribution in [0.4, 0.5) is 0 Å². The molecule has 0 atom stereocenters. The number of nitrogens with one attached hydrogen (secondary N) is 1. The molecule has 0 spiro atoms. The highest BCUT2D eigenvalue weighted by Crippen LogP contribution is 2.37. The van der Waals surface area contributed by atoms with E-state index in [-0.39, 0.29) is 0 Å². The summed E-state index contributed by atoms with van der Waals surface area (Å²) in [4.78, 5) is 5.65. The summed E-state index contributed by atoms with van der Waals surface area (Å²) < 4.78 is 1.16. The van der Waals surface area contributed by atoms with Crippen LogP contribution in [0.1, 0.15) is 34.9 Å². The quantitative estimate of drug-likeness (QED) is 0.902. The van der Waals surface area contributed by atoms with Crippen molar-refractivity contribution in [1.29, 1.82) is 0 Å². The molecular formula is C15H17BrN2S. The maximum atomic E-state index is 4.28. The minimum Gasteiger partial charge on any atom is -0.309 e. The Balaban J connectivity index is 1.48. The number of nitrogens with zero attached hydrogens (tertiary/aromatic N) is 1. The number of aromatic nitrogens is 1. The molecule has 4 heteroatoms. The molecule has 1 fully saturated rings. The summed E-state index contributed by atoms with van der Waals surface area (Å²) in [5, 5.41) is 3.63. The van der Waals surface area contributed by atoms with Crippen molar-refractivity contribution >= 4 is 27.3 Å². The van der Waals surface area contributed by atoms with E-state index in [0.717, 1.165) is 16.9 Å². The van der Waals surface area contributed by atoms with Gasteiger partial charge in [0.05, 0.1) is 11.2 Å². The molecule has 1 aromatic carbocycles. The van der Waals surface area contributed by atoms with E-state index < -0.39 is 0 Å². The first kappa shape index (κ1) is 13.3. The first-order valence-electron chi connectivity index (χ1n) is 6.60. The van der Waals surface area contributed by atoms with Gasteiger partial charge in [0.1, 0.15) is 0 Å². The van der Waals surface area contributed by atoms with E-state index in [2.05, 4.69) is 57.4 Å². The topological polar surface area (TPSA) is 24.9 Å². The number of benzene rings is 1. The molecule has 2 aromatic rings. The lowest BCUT2D eigenvalue weighted by Crippen LogP contribution is -2.39. The predicted octanol–water partition coefficient (Wildman–Crippen LogP) is 4.25. The molecule has 1 aromatic heterocycles. The fraction of sp³-hybridized carbons (Fsp3) is 0.400. The van der Waals surface area contributed by atoms with Crippen LogP contribution < -0.4 is 5.32 Å². The Morgan fingerprint density at radius 1 is 1.32 bits per heavy atom. The van der Waals surface area contributed by atoms with Crippen molar-refractivity contribution in [3.05, 3.63) is 50.4 Å². The fourth-order valence-corrected chi connectivity index (χ4v) is 3.52. The largest absolute Gasteiger partial charge is 0.309 e. The molecule has 1 heterocycles. The van der Waals surface area contributed by atoms with Crippen LogP contribution in [0.2, 0.25) is 0 Å². The summed E-state index contributed by atoms with van der Waals surface area (Å²) in [7, 11) is 0. The van der Waals surface area contributed by atoms with Gasteiger partial charge in [-0.25, -0.2) is 4.98 Å². The number of halogens is 1. The van der Waals surface area contributed by atoms with Crippen LogP contribution in [-0.2, 0) is 6.54 Å². The Labute approximate surface area is 126 Å². The van der Waals surface area contributed by atoms with Gasteiger partial charge in [-0.1, -0.05) is 28.1 Å². The van der Waals surface area contributed by atoms with Gasteiger partial charge in [0.25, 0.3) is 0 Å². The molecule has 1 aliphatic carbocycles. The Bertz CT molecular complexity index is 544. The molecular weight excluding hydrogens is 320 g/mol. The van der Waals surface area contributed by atoms with Crippen molar-refractivity contribution in [1.82, 2.24) is 10.3 Å². The number of thiazole rings is 1. The highest BCUT2D eigenvalue weighted by molar-refractivity contribution is 9.10. The molecule has 0 unspecified atom stereocenters. The molecule has 0 aliphatic heterocycles. The van der Waals surface area contributed by atoms with Gasteiger partial charge in [0.2, 0.25) is 0 Å². The first-order chi connectivity index (χ1) is 9.22. The number of rotatable bonds is 4. The normalized spacial score (nSPS) is 22.2. The lowest BCUT2D eigenvalue weighted by molar-refractivity contribution is 0.290. The lowest BCUT2D eigenvalue weighted by Gasteiger charge is -2.36. The number of aryl methyl sites for hydroxylation is 1. The Kier molecular flexibility index (Phi) is 4.01. The van der Waals surface area contributed by atoms with Crippen molar-refractivity contribution in [3.8, 4) is 0 Å². The molecule has 0 amide bonds.